The summed E-state index contributed by atoms with van der Waals surface area (Å²) in [4.78, 5) is 12.5. The van der Waals surface area contributed by atoms with Gasteiger partial charge in [-0.05, 0) is 37.6 Å². The van der Waals surface area contributed by atoms with E-state index in [-0.39, 0.29) is 19.1 Å². The van der Waals surface area contributed by atoms with Crippen molar-refractivity contribution < 1.29 is 27.7 Å². The van der Waals surface area contributed by atoms with Gasteiger partial charge in [-0.15, -0.1) is 0 Å². The van der Waals surface area contributed by atoms with Crippen LogP contribution >= 0.6 is 7.82 Å². The highest BCUT2D eigenvalue weighted by Gasteiger charge is 2.32. The third-order valence-electron chi connectivity index (χ3n) is 7.28. The molecule has 242 valence electrons. The van der Waals surface area contributed by atoms with Crippen molar-refractivity contribution in [2.45, 2.75) is 123 Å². The number of hydrogen-bond donors (Lipinski definition) is 1. The first-order valence-corrected chi connectivity index (χ1v) is 18.1. The number of ether oxygens (including phenoxy) is 1. The van der Waals surface area contributed by atoms with E-state index < -0.39 is 13.9 Å². The lowest BCUT2D eigenvalue weighted by Gasteiger charge is -2.22. The van der Waals surface area contributed by atoms with Crippen molar-refractivity contribution in [1.82, 2.24) is 5.32 Å². The Morgan fingerprint density at radius 3 is 1.56 bits per heavy atom. The van der Waals surface area contributed by atoms with E-state index in [1.807, 2.05) is 19.1 Å². The summed E-state index contributed by atoms with van der Waals surface area (Å²) in [7, 11) is -4.03. The van der Waals surface area contributed by atoms with Gasteiger partial charge in [-0.25, -0.2) is 4.57 Å². The first kappa shape index (κ1) is 36.8. The number of unbranched alkanes of at least 4 members (excludes halogenated alkanes) is 14. The molecule has 1 N–H and O–H groups in total. The molecule has 0 aliphatic rings. The van der Waals surface area contributed by atoms with Crippen molar-refractivity contribution in [1.29, 1.82) is 0 Å². The Bertz CT molecular complexity index is 945. The molecule has 0 radical (unpaired) electrons. The Balaban J connectivity index is 1.61. The molecule has 1 amide bonds. The number of amides is 1. The Labute approximate surface area is 261 Å². The number of para-hydroxylation sites is 2. The lowest BCUT2D eigenvalue weighted by molar-refractivity contribution is -0.122. The van der Waals surface area contributed by atoms with Gasteiger partial charge in [0.1, 0.15) is 11.5 Å². The molecule has 0 aliphatic carbocycles. The summed E-state index contributed by atoms with van der Waals surface area (Å²) < 4.78 is 36.3. The van der Waals surface area contributed by atoms with E-state index in [0.29, 0.717) is 24.5 Å². The minimum Gasteiger partial charge on any atom is -0.395 e. The standard InChI is InChI=1S/C35H56NO6P/c1-3-5-6-7-8-9-10-11-12-13-14-15-16-17-24-29-35(37)36-30-34(39-4-2)31-40-43(38,41-32-25-20-18-21-26-32)42-33-27-22-19-23-28-33/h18-23,25-28,34H,3-17,24,29-31H2,1-2H3,(H,36,37). The molecule has 2 rings (SSSR count). The normalized spacial score (nSPS) is 12.1. The van der Waals surface area contributed by atoms with Gasteiger partial charge in [0.25, 0.3) is 0 Å². The maximum atomic E-state index is 13.6. The molecule has 8 heteroatoms. The summed E-state index contributed by atoms with van der Waals surface area (Å²) >= 11 is 0. The van der Waals surface area contributed by atoms with E-state index in [0.717, 1.165) is 12.8 Å². The zero-order valence-electron chi connectivity index (χ0n) is 26.7. The van der Waals surface area contributed by atoms with Crippen LogP contribution in [0.25, 0.3) is 0 Å². The Morgan fingerprint density at radius 2 is 1.12 bits per heavy atom. The molecule has 0 heterocycles. The van der Waals surface area contributed by atoms with Crippen molar-refractivity contribution >= 4 is 13.7 Å². The molecular formula is C35H56NO6P. The third kappa shape index (κ3) is 18.8. The van der Waals surface area contributed by atoms with Crippen LogP contribution in [0.15, 0.2) is 60.7 Å². The summed E-state index contributed by atoms with van der Waals surface area (Å²) in [6.07, 6.45) is 19.4. The molecule has 7 nitrogen and oxygen atoms in total. The number of benzene rings is 2. The number of nitrogens with one attached hydrogen (secondary N) is 1. The fraction of sp³-hybridized carbons (Fsp3) is 0.629. The van der Waals surface area contributed by atoms with Crippen molar-refractivity contribution in [3.05, 3.63) is 60.7 Å². The van der Waals surface area contributed by atoms with Crippen LogP contribution in [0.4, 0.5) is 0 Å². The van der Waals surface area contributed by atoms with E-state index in [2.05, 4.69) is 12.2 Å². The summed E-state index contributed by atoms with van der Waals surface area (Å²) in [5.74, 6) is 0.724. The Morgan fingerprint density at radius 1 is 0.674 bits per heavy atom. The minimum absolute atomic E-state index is 0.0105. The summed E-state index contributed by atoms with van der Waals surface area (Å²) in [6.45, 7) is 4.74. The fourth-order valence-corrected chi connectivity index (χ4v) is 6.09. The van der Waals surface area contributed by atoms with Gasteiger partial charge in [-0.1, -0.05) is 133 Å². The van der Waals surface area contributed by atoms with Gasteiger partial charge in [-0.2, -0.15) is 0 Å². The number of carbonyl (C=O) groups is 1. The molecule has 2 aromatic rings. The van der Waals surface area contributed by atoms with Crippen LogP contribution in [-0.2, 0) is 18.6 Å². The van der Waals surface area contributed by atoms with E-state index in [9.17, 15) is 9.36 Å². The number of rotatable bonds is 27. The van der Waals surface area contributed by atoms with E-state index in [4.69, 9.17) is 18.3 Å². The summed E-state index contributed by atoms with van der Waals surface area (Å²) in [5.41, 5.74) is 0. The van der Waals surface area contributed by atoms with Crippen LogP contribution in [0.2, 0.25) is 0 Å². The lowest BCUT2D eigenvalue weighted by Crippen LogP contribution is -2.36. The predicted octanol–water partition coefficient (Wildman–Crippen LogP) is 10.1. The largest absolute Gasteiger partial charge is 0.587 e. The van der Waals surface area contributed by atoms with Gasteiger partial charge in [0, 0.05) is 19.6 Å². The number of phosphoric acid groups is 1. The van der Waals surface area contributed by atoms with Crippen LogP contribution < -0.4 is 14.4 Å². The zero-order valence-corrected chi connectivity index (χ0v) is 27.6. The number of carbonyl (C=O) groups excluding carboxylic acids is 1. The Hall–Kier alpha value is -2.34. The van der Waals surface area contributed by atoms with Crippen LogP contribution in [-0.4, -0.2) is 31.8 Å². The van der Waals surface area contributed by atoms with E-state index in [1.54, 1.807) is 48.5 Å². The molecule has 0 saturated carbocycles. The molecule has 43 heavy (non-hydrogen) atoms. The number of hydrogen-bond acceptors (Lipinski definition) is 6. The van der Waals surface area contributed by atoms with E-state index in [1.165, 1.54) is 83.5 Å². The van der Waals surface area contributed by atoms with Crippen LogP contribution in [0.3, 0.4) is 0 Å². The third-order valence-corrected chi connectivity index (χ3v) is 8.61. The van der Waals surface area contributed by atoms with Crippen LogP contribution in [0.1, 0.15) is 117 Å². The van der Waals surface area contributed by atoms with Gasteiger partial charge in [0.2, 0.25) is 5.91 Å². The SMILES string of the molecule is CCCCCCCCCCCCCCCCCC(=O)NCC(COP(=O)(Oc1ccccc1)Oc1ccccc1)OCC. The lowest BCUT2D eigenvalue weighted by atomic mass is 10.0. The van der Waals surface area contributed by atoms with Crippen LogP contribution in [0.5, 0.6) is 11.5 Å². The average molecular weight is 618 g/mol. The van der Waals surface area contributed by atoms with Gasteiger partial charge in [0.15, 0.2) is 0 Å². The van der Waals surface area contributed by atoms with Crippen molar-refractivity contribution in [2.75, 3.05) is 19.8 Å². The molecule has 0 aromatic heterocycles. The van der Waals surface area contributed by atoms with Gasteiger partial charge in [-0.3, -0.25) is 9.32 Å². The molecule has 1 unspecified atom stereocenters. The molecule has 0 saturated heterocycles. The maximum absolute atomic E-state index is 13.6. The molecule has 0 aliphatic heterocycles. The maximum Gasteiger partial charge on any atom is 0.587 e. The molecule has 1 atom stereocenters. The van der Waals surface area contributed by atoms with Gasteiger partial charge < -0.3 is 19.1 Å². The average Bonchev–Trinajstić information content (AvgIpc) is 3.01. The zero-order chi connectivity index (χ0) is 30.9. The molecule has 0 bridgehead atoms. The van der Waals surface area contributed by atoms with Crippen molar-refractivity contribution in [3.63, 3.8) is 0 Å². The number of phosphoric ester groups is 1. The second kappa shape index (κ2) is 24.0. The minimum atomic E-state index is -4.03. The first-order chi connectivity index (χ1) is 21.0. The smallest absolute Gasteiger partial charge is 0.395 e. The highest BCUT2D eigenvalue weighted by molar-refractivity contribution is 7.49. The van der Waals surface area contributed by atoms with E-state index >= 15 is 0 Å². The fourth-order valence-electron chi connectivity index (χ4n) is 4.84. The predicted molar refractivity (Wildman–Crippen MR) is 176 cm³/mol. The van der Waals surface area contributed by atoms with Gasteiger partial charge in [0.05, 0.1) is 12.7 Å². The molecular weight excluding hydrogens is 561 g/mol. The molecule has 0 spiro atoms. The Kier molecular flexibility index (Phi) is 20.6. The quantitative estimate of drug-likeness (QED) is 0.0793. The second-order valence-electron chi connectivity index (χ2n) is 11.1. The second-order valence-corrected chi connectivity index (χ2v) is 12.7. The molecule has 2 aromatic carbocycles. The van der Waals surface area contributed by atoms with Gasteiger partial charge >= 0.3 is 7.82 Å². The summed E-state index contributed by atoms with van der Waals surface area (Å²) in [5, 5.41) is 2.94. The first-order valence-electron chi connectivity index (χ1n) is 16.7. The van der Waals surface area contributed by atoms with Crippen molar-refractivity contribution in [2.24, 2.45) is 0 Å². The van der Waals surface area contributed by atoms with Crippen molar-refractivity contribution in [3.8, 4) is 11.5 Å². The highest BCUT2D eigenvalue weighted by Crippen LogP contribution is 2.49. The highest BCUT2D eigenvalue weighted by atomic mass is 31.2. The monoisotopic (exact) mass is 617 g/mol. The topological polar surface area (TPSA) is 83.1 Å². The summed E-state index contributed by atoms with van der Waals surface area (Å²) in [6, 6.07) is 17.5. The molecule has 0 fully saturated rings. The van der Waals surface area contributed by atoms with Crippen LogP contribution in [0, 0.1) is 0 Å².